The highest BCUT2D eigenvalue weighted by Crippen LogP contribution is 2.25. The van der Waals surface area contributed by atoms with Gasteiger partial charge >= 0.3 is 0 Å². The second-order valence-corrected chi connectivity index (χ2v) is 7.67. The first-order valence-electron chi connectivity index (χ1n) is 8.01. The summed E-state index contributed by atoms with van der Waals surface area (Å²) in [5, 5.41) is 3.02. The van der Waals surface area contributed by atoms with Crippen LogP contribution in [0.15, 0.2) is 35.7 Å². The van der Waals surface area contributed by atoms with Crippen molar-refractivity contribution < 1.29 is 9.53 Å². The van der Waals surface area contributed by atoms with E-state index in [4.69, 9.17) is 27.9 Å². The van der Waals surface area contributed by atoms with Crippen molar-refractivity contribution in [2.75, 3.05) is 19.8 Å². The van der Waals surface area contributed by atoms with Gasteiger partial charge < -0.3 is 9.64 Å². The van der Waals surface area contributed by atoms with Gasteiger partial charge in [0, 0.05) is 35.7 Å². The van der Waals surface area contributed by atoms with Gasteiger partial charge in [-0.25, -0.2) is 0 Å². The molecule has 24 heavy (non-hydrogen) atoms. The Morgan fingerprint density at radius 2 is 2.04 bits per heavy atom. The molecule has 6 heteroatoms. The Kier molecular flexibility index (Phi) is 6.17. The van der Waals surface area contributed by atoms with Gasteiger partial charge in [0.15, 0.2) is 0 Å². The fourth-order valence-electron chi connectivity index (χ4n) is 2.95. The highest BCUT2D eigenvalue weighted by Gasteiger charge is 2.27. The van der Waals surface area contributed by atoms with E-state index in [9.17, 15) is 4.79 Å². The van der Waals surface area contributed by atoms with Crippen LogP contribution in [0.5, 0.6) is 0 Å². The first-order chi connectivity index (χ1) is 11.6. The molecule has 0 radical (unpaired) electrons. The maximum absolute atomic E-state index is 13.1. The second-order valence-electron chi connectivity index (χ2n) is 5.80. The molecule has 0 bridgehead atoms. The lowest BCUT2D eigenvalue weighted by molar-refractivity contribution is 0.0294. The quantitative estimate of drug-likeness (QED) is 0.733. The Morgan fingerprint density at radius 1 is 1.25 bits per heavy atom. The van der Waals surface area contributed by atoms with Crippen molar-refractivity contribution in [1.82, 2.24) is 4.90 Å². The SMILES string of the molecule is O=C(c1cc(Cl)ccc1Cl)N(CCc1cccs1)C1CCOCC1. The molecule has 2 aromatic rings. The molecule has 0 N–H and O–H groups in total. The summed E-state index contributed by atoms with van der Waals surface area (Å²) < 4.78 is 5.45. The molecule has 0 spiro atoms. The van der Waals surface area contributed by atoms with Gasteiger partial charge in [0.25, 0.3) is 5.91 Å². The number of carbonyl (C=O) groups excluding carboxylic acids is 1. The molecule has 128 valence electrons. The molecule has 1 amide bonds. The van der Waals surface area contributed by atoms with Gasteiger partial charge in [-0.05, 0) is 48.9 Å². The summed E-state index contributed by atoms with van der Waals surface area (Å²) in [5.41, 5.74) is 0.474. The van der Waals surface area contributed by atoms with Crippen molar-refractivity contribution in [2.45, 2.75) is 25.3 Å². The maximum Gasteiger partial charge on any atom is 0.255 e. The molecule has 3 rings (SSSR count). The topological polar surface area (TPSA) is 29.5 Å². The first-order valence-corrected chi connectivity index (χ1v) is 9.65. The average molecular weight is 384 g/mol. The molecule has 1 aromatic heterocycles. The first kappa shape index (κ1) is 17.7. The minimum Gasteiger partial charge on any atom is -0.381 e. The lowest BCUT2D eigenvalue weighted by atomic mass is 10.0. The predicted octanol–water partition coefficient (Wildman–Crippen LogP) is 4.92. The number of hydrogen-bond acceptors (Lipinski definition) is 3. The minimum atomic E-state index is -0.0500. The van der Waals surface area contributed by atoms with Crippen LogP contribution >= 0.6 is 34.5 Å². The standard InChI is InChI=1S/C18H19Cl2NO2S/c19-13-3-4-17(20)16(12-13)18(22)21(14-6-9-23-10-7-14)8-5-15-2-1-11-24-15/h1-4,11-12,14H,5-10H2. The number of hydrogen-bond donors (Lipinski definition) is 0. The molecule has 1 saturated heterocycles. The van der Waals surface area contributed by atoms with Crippen molar-refractivity contribution in [2.24, 2.45) is 0 Å². The van der Waals surface area contributed by atoms with E-state index in [1.54, 1.807) is 29.5 Å². The average Bonchev–Trinajstić information content (AvgIpc) is 3.11. The Hall–Kier alpha value is -1.07. The van der Waals surface area contributed by atoms with Crippen molar-refractivity contribution in [3.8, 4) is 0 Å². The van der Waals surface area contributed by atoms with Crippen LogP contribution in [0.4, 0.5) is 0 Å². The van der Waals surface area contributed by atoms with E-state index in [2.05, 4.69) is 11.4 Å². The number of amides is 1. The molecule has 1 aromatic carbocycles. The molecule has 1 fully saturated rings. The van der Waals surface area contributed by atoms with Crippen LogP contribution in [0.2, 0.25) is 10.0 Å². The van der Waals surface area contributed by atoms with Crippen LogP contribution in [0, 0.1) is 0 Å². The van der Waals surface area contributed by atoms with Gasteiger partial charge in [-0.2, -0.15) is 0 Å². The molecule has 0 saturated carbocycles. The number of nitrogens with zero attached hydrogens (tertiary/aromatic N) is 1. The number of ether oxygens (including phenoxy) is 1. The fourth-order valence-corrected chi connectivity index (χ4v) is 4.02. The largest absolute Gasteiger partial charge is 0.381 e. The molecule has 0 atom stereocenters. The van der Waals surface area contributed by atoms with Crippen LogP contribution in [0.1, 0.15) is 28.1 Å². The smallest absolute Gasteiger partial charge is 0.255 e. The lowest BCUT2D eigenvalue weighted by Crippen LogP contribution is -2.44. The number of thiophene rings is 1. The van der Waals surface area contributed by atoms with Crippen molar-refractivity contribution >= 4 is 40.4 Å². The number of carbonyl (C=O) groups is 1. The van der Waals surface area contributed by atoms with Gasteiger partial charge in [-0.1, -0.05) is 29.3 Å². The third-order valence-electron chi connectivity index (χ3n) is 4.23. The van der Waals surface area contributed by atoms with Crippen LogP contribution in [-0.2, 0) is 11.2 Å². The van der Waals surface area contributed by atoms with E-state index in [1.165, 1.54) is 4.88 Å². The predicted molar refractivity (Wildman–Crippen MR) is 99.4 cm³/mol. The van der Waals surface area contributed by atoms with Crippen LogP contribution < -0.4 is 0 Å². The van der Waals surface area contributed by atoms with Crippen molar-refractivity contribution in [1.29, 1.82) is 0 Å². The Balaban J connectivity index is 1.81. The molecule has 1 aliphatic rings. The van der Waals surface area contributed by atoms with E-state index < -0.39 is 0 Å². The number of halogens is 2. The van der Waals surface area contributed by atoms with E-state index in [0.29, 0.717) is 35.4 Å². The summed E-state index contributed by atoms with van der Waals surface area (Å²) in [7, 11) is 0. The summed E-state index contributed by atoms with van der Waals surface area (Å²) in [5.74, 6) is -0.0500. The lowest BCUT2D eigenvalue weighted by Gasteiger charge is -2.34. The molecule has 3 nitrogen and oxygen atoms in total. The molecular formula is C18H19Cl2NO2S. The van der Waals surface area contributed by atoms with Crippen molar-refractivity contribution in [3.05, 3.63) is 56.2 Å². The number of benzene rings is 1. The third-order valence-corrected chi connectivity index (χ3v) is 5.73. The minimum absolute atomic E-state index is 0.0500. The highest BCUT2D eigenvalue weighted by atomic mass is 35.5. The monoisotopic (exact) mass is 383 g/mol. The zero-order valence-corrected chi connectivity index (χ0v) is 15.5. The van der Waals surface area contributed by atoms with E-state index in [-0.39, 0.29) is 11.9 Å². The Labute approximate surface area is 156 Å². The Morgan fingerprint density at radius 3 is 2.75 bits per heavy atom. The Bertz CT molecular complexity index is 684. The summed E-state index contributed by atoms with van der Waals surface area (Å²) in [6.07, 6.45) is 2.56. The molecule has 2 heterocycles. The molecule has 0 unspecified atom stereocenters. The maximum atomic E-state index is 13.1. The summed E-state index contributed by atoms with van der Waals surface area (Å²) >= 11 is 14.0. The number of rotatable bonds is 5. The van der Waals surface area contributed by atoms with Gasteiger partial charge in [0.1, 0.15) is 0 Å². The molecule has 1 aliphatic heterocycles. The van der Waals surface area contributed by atoms with E-state index in [1.807, 2.05) is 11.0 Å². The van der Waals surface area contributed by atoms with Gasteiger partial charge in [-0.15, -0.1) is 11.3 Å². The highest BCUT2D eigenvalue weighted by molar-refractivity contribution is 7.09. The second kappa shape index (κ2) is 8.34. The third kappa shape index (κ3) is 4.31. The van der Waals surface area contributed by atoms with Crippen LogP contribution in [-0.4, -0.2) is 36.6 Å². The van der Waals surface area contributed by atoms with Gasteiger partial charge in [0.05, 0.1) is 10.6 Å². The van der Waals surface area contributed by atoms with E-state index in [0.717, 1.165) is 19.3 Å². The fraction of sp³-hybridized carbons (Fsp3) is 0.389. The van der Waals surface area contributed by atoms with Crippen LogP contribution in [0.25, 0.3) is 0 Å². The normalized spacial score (nSPS) is 15.4. The van der Waals surface area contributed by atoms with Crippen LogP contribution in [0.3, 0.4) is 0 Å². The summed E-state index contributed by atoms with van der Waals surface area (Å²) in [6.45, 7) is 2.06. The van der Waals surface area contributed by atoms with Gasteiger partial charge in [0.2, 0.25) is 0 Å². The zero-order chi connectivity index (χ0) is 16.9. The van der Waals surface area contributed by atoms with Gasteiger partial charge in [-0.3, -0.25) is 4.79 Å². The van der Waals surface area contributed by atoms with Crippen molar-refractivity contribution in [3.63, 3.8) is 0 Å². The van der Waals surface area contributed by atoms with E-state index >= 15 is 0 Å². The molecular weight excluding hydrogens is 365 g/mol. The summed E-state index contributed by atoms with van der Waals surface area (Å²) in [6, 6.07) is 9.35. The molecule has 0 aliphatic carbocycles. The zero-order valence-electron chi connectivity index (χ0n) is 13.2. The summed E-state index contributed by atoms with van der Waals surface area (Å²) in [4.78, 5) is 16.3.